The highest BCUT2D eigenvalue weighted by molar-refractivity contribution is 6.55. The fraction of sp³-hybridized carbons (Fsp3) is 0.211. The largest absolute Gasteiger partial charge is 0.335 e. The van der Waals surface area contributed by atoms with E-state index in [0.717, 1.165) is 24.2 Å². The van der Waals surface area contributed by atoms with Gasteiger partial charge < -0.3 is 4.84 Å². The Morgan fingerprint density at radius 1 is 1.08 bits per heavy atom. The number of unbranched alkanes of at least 4 members (excludes halogenated alkanes) is 1. The van der Waals surface area contributed by atoms with Crippen LogP contribution in [0.15, 0.2) is 59.8 Å². The standard InChI is InChI=1S/C19H18N2O3/c1-2-3-13-17(22)24-20-18-15-11-7-8-12-16(15)21(19(18)23)14-9-5-4-6-10-14/h4-12H,2-3,13H2,1H3/b20-18-. The average Bonchev–Trinajstić information content (AvgIpc) is 2.90. The Balaban J connectivity index is 1.92. The lowest BCUT2D eigenvalue weighted by atomic mass is 10.1. The number of rotatable bonds is 5. The van der Waals surface area contributed by atoms with Gasteiger partial charge in [0.05, 0.1) is 5.69 Å². The zero-order chi connectivity index (χ0) is 16.9. The predicted molar refractivity (Wildman–Crippen MR) is 92.2 cm³/mol. The Morgan fingerprint density at radius 3 is 2.54 bits per heavy atom. The number of hydrogen-bond acceptors (Lipinski definition) is 4. The van der Waals surface area contributed by atoms with E-state index in [1.54, 1.807) is 11.0 Å². The van der Waals surface area contributed by atoms with Crippen LogP contribution in [0.5, 0.6) is 0 Å². The van der Waals surface area contributed by atoms with E-state index in [1.165, 1.54) is 0 Å². The van der Waals surface area contributed by atoms with E-state index in [4.69, 9.17) is 4.84 Å². The number of anilines is 2. The Hall–Kier alpha value is -2.95. The molecule has 3 rings (SSSR count). The molecule has 24 heavy (non-hydrogen) atoms. The lowest BCUT2D eigenvalue weighted by Gasteiger charge is -2.16. The maximum Gasteiger partial charge on any atom is 0.335 e. The summed E-state index contributed by atoms with van der Waals surface area (Å²) in [6, 6.07) is 16.7. The summed E-state index contributed by atoms with van der Waals surface area (Å²) in [4.78, 5) is 31.0. The third-order valence-electron chi connectivity index (χ3n) is 3.79. The number of carbonyl (C=O) groups is 2. The number of nitrogens with zero attached hydrogens (tertiary/aromatic N) is 2. The van der Waals surface area contributed by atoms with Crippen LogP contribution in [0.2, 0.25) is 0 Å². The minimum Gasteiger partial charge on any atom is -0.317 e. The summed E-state index contributed by atoms with van der Waals surface area (Å²) in [6.45, 7) is 1.99. The highest BCUT2D eigenvalue weighted by Crippen LogP contribution is 2.35. The van der Waals surface area contributed by atoms with Gasteiger partial charge >= 0.3 is 5.97 Å². The van der Waals surface area contributed by atoms with Gasteiger partial charge in [-0.3, -0.25) is 9.69 Å². The van der Waals surface area contributed by atoms with Crippen molar-refractivity contribution in [2.75, 3.05) is 4.90 Å². The van der Waals surface area contributed by atoms with Gasteiger partial charge in [0.25, 0.3) is 5.91 Å². The van der Waals surface area contributed by atoms with Crippen LogP contribution >= 0.6 is 0 Å². The van der Waals surface area contributed by atoms with Gasteiger partial charge in [0.15, 0.2) is 5.71 Å². The number of benzene rings is 2. The molecule has 1 aliphatic heterocycles. The molecule has 2 aromatic rings. The van der Waals surface area contributed by atoms with Gasteiger partial charge in [0.2, 0.25) is 0 Å². The molecule has 0 bridgehead atoms. The van der Waals surface area contributed by atoms with Gasteiger partial charge in [-0.15, -0.1) is 0 Å². The monoisotopic (exact) mass is 322 g/mol. The van der Waals surface area contributed by atoms with Gasteiger partial charge in [-0.05, 0) is 24.6 Å². The van der Waals surface area contributed by atoms with Crippen LogP contribution in [0, 0.1) is 0 Å². The maximum atomic E-state index is 12.8. The summed E-state index contributed by atoms with van der Waals surface area (Å²) < 4.78 is 0. The van der Waals surface area contributed by atoms with Crippen LogP contribution < -0.4 is 4.90 Å². The van der Waals surface area contributed by atoms with E-state index >= 15 is 0 Å². The SMILES string of the molecule is CCCCC(=O)O/N=C1\C(=O)N(c2ccccc2)c2ccccc21. The quantitative estimate of drug-likeness (QED) is 0.621. The molecule has 0 saturated heterocycles. The Kier molecular flexibility index (Phi) is 4.70. The van der Waals surface area contributed by atoms with Crippen LogP contribution in [0.1, 0.15) is 31.7 Å². The van der Waals surface area contributed by atoms with Crippen LogP contribution in [0.25, 0.3) is 0 Å². The van der Waals surface area contributed by atoms with Crippen LogP contribution in [-0.4, -0.2) is 17.6 Å². The van der Waals surface area contributed by atoms with E-state index in [2.05, 4.69) is 5.16 Å². The lowest BCUT2D eigenvalue weighted by molar-refractivity contribution is -0.143. The van der Waals surface area contributed by atoms with Crippen molar-refractivity contribution >= 4 is 29.0 Å². The molecule has 0 unspecified atom stereocenters. The Labute approximate surface area is 140 Å². The second kappa shape index (κ2) is 7.08. The minimum atomic E-state index is -0.423. The van der Waals surface area contributed by atoms with Crippen LogP contribution in [-0.2, 0) is 14.4 Å². The van der Waals surface area contributed by atoms with Crippen molar-refractivity contribution in [3.63, 3.8) is 0 Å². The van der Waals surface area contributed by atoms with E-state index in [9.17, 15) is 9.59 Å². The molecule has 0 spiro atoms. The number of fused-ring (bicyclic) bond motifs is 1. The van der Waals surface area contributed by atoms with Crippen molar-refractivity contribution < 1.29 is 14.4 Å². The van der Waals surface area contributed by atoms with Gasteiger partial charge in [-0.1, -0.05) is 54.9 Å². The molecule has 2 aromatic carbocycles. The molecule has 122 valence electrons. The number of amides is 1. The number of oxime groups is 1. The molecule has 0 aliphatic carbocycles. The first-order valence-corrected chi connectivity index (χ1v) is 7.99. The van der Waals surface area contributed by atoms with Crippen molar-refractivity contribution in [2.45, 2.75) is 26.2 Å². The highest BCUT2D eigenvalue weighted by Gasteiger charge is 2.35. The number of carbonyl (C=O) groups excluding carboxylic acids is 2. The molecule has 1 amide bonds. The minimum absolute atomic E-state index is 0.152. The summed E-state index contributed by atoms with van der Waals surface area (Å²) in [5.74, 6) is -0.724. The molecule has 0 aromatic heterocycles. The number of hydrogen-bond donors (Lipinski definition) is 0. The van der Waals surface area contributed by atoms with Crippen molar-refractivity contribution in [1.82, 2.24) is 0 Å². The average molecular weight is 322 g/mol. The topological polar surface area (TPSA) is 59.0 Å². The van der Waals surface area contributed by atoms with Crippen LogP contribution in [0.3, 0.4) is 0 Å². The van der Waals surface area contributed by atoms with E-state index in [1.807, 2.05) is 55.5 Å². The lowest BCUT2D eigenvalue weighted by Crippen LogP contribution is -2.25. The van der Waals surface area contributed by atoms with Gasteiger partial charge in [-0.2, -0.15) is 0 Å². The van der Waals surface area contributed by atoms with Gasteiger partial charge in [0, 0.05) is 17.7 Å². The summed E-state index contributed by atoms with van der Waals surface area (Å²) in [5, 5.41) is 3.85. The molecular formula is C19H18N2O3. The molecule has 0 radical (unpaired) electrons. The molecule has 5 heteroatoms. The third-order valence-corrected chi connectivity index (χ3v) is 3.79. The third kappa shape index (κ3) is 3.06. The molecular weight excluding hydrogens is 304 g/mol. The van der Waals surface area contributed by atoms with Gasteiger partial charge in [-0.25, -0.2) is 4.79 Å². The summed E-state index contributed by atoms with van der Waals surface area (Å²) in [6.07, 6.45) is 1.94. The van der Waals surface area contributed by atoms with Crippen LogP contribution in [0.4, 0.5) is 11.4 Å². The molecule has 1 heterocycles. The first-order chi connectivity index (χ1) is 11.7. The Bertz CT molecular complexity index is 784. The normalized spacial score (nSPS) is 14.8. The Morgan fingerprint density at radius 2 is 1.79 bits per heavy atom. The van der Waals surface area contributed by atoms with Gasteiger partial charge in [0.1, 0.15) is 0 Å². The van der Waals surface area contributed by atoms with Crippen molar-refractivity contribution in [3.05, 3.63) is 60.2 Å². The van der Waals surface area contributed by atoms with E-state index < -0.39 is 5.97 Å². The zero-order valence-electron chi connectivity index (χ0n) is 13.4. The zero-order valence-corrected chi connectivity index (χ0v) is 13.4. The molecule has 0 saturated carbocycles. The second-order valence-electron chi connectivity index (χ2n) is 5.50. The second-order valence-corrected chi connectivity index (χ2v) is 5.50. The predicted octanol–water partition coefficient (Wildman–Crippen LogP) is 3.80. The fourth-order valence-electron chi connectivity index (χ4n) is 2.58. The molecule has 5 nitrogen and oxygen atoms in total. The van der Waals surface area contributed by atoms with Crippen molar-refractivity contribution in [2.24, 2.45) is 5.16 Å². The summed E-state index contributed by atoms with van der Waals surface area (Å²) in [5.41, 5.74) is 2.29. The fourth-order valence-corrected chi connectivity index (χ4v) is 2.58. The smallest absolute Gasteiger partial charge is 0.317 e. The van der Waals surface area contributed by atoms with Crippen molar-refractivity contribution in [1.29, 1.82) is 0 Å². The maximum absolute atomic E-state index is 12.8. The van der Waals surface area contributed by atoms with Crippen molar-refractivity contribution in [3.8, 4) is 0 Å². The first kappa shape index (κ1) is 15.9. The number of para-hydroxylation sites is 2. The summed E-state index contributed by atoms with van der Waals surface area (Å²) >= 11 is 0. The van der Waals surface area contributed by atoms with E-state index in [0.29, 0.717) is 12.0 Å². The molecule has 0 fully saturated rings. The molecule has 1 aliphatic rings. The van der Waals surface area contributed by atoms with E-state index in [-0.39, 0.29) is 11.6 Å². The highest BCUT2D eigenvalue weighted by atomic mass is 16.7. The summed E-state index contributed by atoms with van der Waals surface area (Å²) in [7, 11) is 0. The first-order valence-electron chi connectivity index (χ1n) is 7.99. The molecule has 0 atom stereocenters. The molecule has 0 N–H and O–H groups in total.